The van der Waals surface area contributed by atoms with Crippen LogP contribution in [0.25, 0.3) is 6.08 Å². The third kappa shape index (κ3) is 4.28. The Labute approximate surface area is 182 Å². The van der Waals surface area contributed by atoms with E-state index < -0.39 is 17.7 Å². The summed E-state index contributed by atoms with van der Waals surface area (Å²) in [5.41, 5.74) is 8.65. The van der Waals surface area contributed by atoms with Gasteiger partial charge in [-0.25, -0.2) is 5.01 Å². The second-order valence-electron chi connectivity index (χ2n) is 5.86. The van der Waals surface area contributed by atoms with Gasteiger partial charge in [0.1, 0.15) is 5.57 Å². The first-order chi connectivity index (χ1) is 13.8. The number of carbonyl (C=O) groups excluding carboxylic acids is 3. The molecule has 0 radical (unpaired) electrons. The Hall–Kier alpha value is -2.85. The molecule has 29 heavy (non-hydrogen) atoms. The van der Waals surface area contributed by atoms with E-state index in [9.17, 15) is 14.4 Å². The number of nitrogens with one attached hydrogen (secondary N) is 1. The van der Waals surface area contributed by atoms with Crippen molar-refractivity contribution in [3.8, 4) is 11.5 Å². The number of rotatable bonds is 6. The molecule has 3 rings (SSSR count). The van der Waals surface area contributed by atoms with Gasteiger partial charge in [0.05, 0.1) is 17.3 Å². The Kier molecular flexibility index (Phi) is 6.23. The summed E-state index contributed by atoms with van der Waals surface area (Å²) < 4.78 is 11.6. The molecule has 150 valence electrons. The molecule has 0 unspecified atom stereocenters. The average molecular weight is 525 g/mol. The number of primary amides is 1. The maximum absolute atomic E-state index is 12.8. The number of hydrogen-bond donors (Lipinski definition) is 2. The van der Waals surface area contributed by atoms with Gasteiger partial charge in [0.2, 0.25) is 0 Å². The molecule has 0 aliphatic carbocycles. The van der Waals surface area contributed by atoms with E-state index in [1.807, 2.05) is 6.07 Å². The van der Waals surface area contributed by atoms with Crippen LogP contribution >= 0.6 is 31.9 Å². The van der Waals surface area contributed by atoms with Gasteiger partial charge in [0, 0.05) is 4.47 Å². The van der Waals surface area contributed by atoms with Gasteiger partial charge < -0.3 is 15.2 Å². The van der Waals surface area contributed by atoms with Crippen LogP contribution in [0.2, 0.25) is 0 Å². The summed E-state index contributed by atoms with van der Waals surface area (Å²) in [6.45, 7) is -0.339. The molecular formula is C19H15Br2N3O5. The second-order valence-corrected chi connectivity index (χ2v) is 7.44. The molecule has 2 aromatic carbocycles. The molecule has 2 aromatic rings. The molecule has 10 heteroatoms. The molecule has 8 nitrogen and oxygen atoms in total. The zero-order valence-electron chi connectivity index (χ0n) is 15.1. The monoisotopic (exact) mass is 523 g/mol. The molecule has 3 N–H and O–H groups in total. The number of ether oxygens (including phenoxy) is 2. The average Bonchev–Trinajstić information content (AvgIpc) is 2.99. The lowest BCUT2D eigenvalue weighted by atomic mass is 10.1. The van der Waals surface area contributed by atoms with E-state index in [-0.39, 0.29) is 17.9 Å². The predicted octanol–water partition coefficient (Wildman–Crippen LogP) is 2.55. The number of hydrogen-bond acceptors (Lipinski definition) is 5. The zero-order valence-corrected chi connectivity index (χ0v) is 18.2. The number of methoxy groups -OCH3 is 1. The number of anilines is 1. The SMILES string of the molecule is COc1cc(/C=C2/C(=O)NN(c3ccccc3)C2=O)c(Br)c(Br)c1OCC(N)=O. The summed E-state index contributed by atoms with van der Waals surface area (Å²) >= 11 is 6.78. The number of nitrogens with zero attached hydrogens (tertiary/aromatic N) is 1. The fraction of sp³-hybridized carbons (Fsp3) is 0.105. The molecule has 0 aromatic heterocycles. The number of carbonyl (C=O) groups is 3. The Morgan fingerprint density at radius 2 is 1.90 bits per heavy atom. The van der Waals surface area contributed by atoms with E-state index in [0.29, 0.717) is 25.9 Å². The number of amides is 3. The molecule has 1 aliphatic rings. The standard InChI is InChI=1S/C19H15Br2N3O5/c1-28-13-8-10(15(20)16(21)17(13)29-9-14(22)25)7-12-18(26)23-24(19(12)27)11-5-3-2-4-6-11/h2-8H,9H2,1H3,(H2,22,25)(H,23,26)/b12-7-. The van der Waals surface area contributed by atoms with Crippen molar-refractivity contribution >= 4 is 61.3 Å². The lowest BCUT2D eigenvalue weighted by Crippen LogP contribution is -2.35. The van der Waals surface area contributed by atoms with Crippen molar-refractivity contribution in [3.05, 3.63) is 56.5 Å². The second kappa shape index (κ2) is 8.66. The molecule has 0 atom stereocenters. The minimum Gasteiger partial charge on any atom is -0.493 e. The van der Waals surface area contributed by atoms with Crippen LogP contribution in [0.15, 0.2) is 50.9 Å². The first-order valence-electron chi connectivity index (χ1n) is 8.22. The van der Waals surface area contributed by atoms with Crippen LogP contribution in [0.3, 0.4) is 0 Å². The van der Waals surface area contributed by atoms with Crippen LogP contribution in [-0.4, -0.2) is 31.4 Å². The molecular weight excluding hydrogens is 510 g/mol. The van der Waals surface area contributed by atoms with Crippen molar-refractivity contribution in [1.29, 1.82) is 0 Å². The van der Waals surface area contributed by atoms with E-state index in [1.54, 1.807) is 30.3 Å². The quantitative estimate of drug-likeness (QED) is 0.445. The maximum atomic E-state index is 12.8. The first-order valence-corrected chi connectivity index (χ1v) is 9.81. The summed E-state index contributed by atoms with van der Waals surface area (Å²) in [5.74, 6) is -1.12. The molecule has 0 spiro atoms. The van der Waals surface area contributed by atoms with Gasteiger partial charge in [-0.1, -0.05) is 18.2 Å². The third-order valence-corrected chi connectivity index (χ3v) is 6.08. The highest BCUT2D eigenvalue weighted by molar-refractivity contribution is 9.13. The smallest absolute Gasteiger partial charge is 0.282 e. The van der Waals surface area contributed by atoms with Crippen molar-refractivity contribution in [2.24, 2.45) is 5.73 Å². The molecule has 0 bridgehead atoms. The Morgan fingerprint density at radius 1 is 1.21 bits per heavy atom. The van der Waals surface area contributed by atoms with Crippen molar-refractivity contribution in [2.75, 3.05) is 18.7 Å². The number of halogens is 2. The van der Waals surface area contributed by atoms with Gasteiger partial charge in [-0.2, -0.15) is 0 Å². The molecule has 0 saturated carbocycles. The van der Waals surface area contributed by atoms with Gasteiger partial charge in [-0.05, 0) is 61.7 Å². The lowest BCUT2D eigenvalue weighted by molar-refractivity contribution is -0.120. The van der Waals surface area contributed by atoms with E-state index in [2.05, 4.69) is 37.3 Å². The highest BCUT2D eigenvalue weighted by Gasteiger charge is 2.34. The van der Waals surface area contributed by atoms with Crippen molar-refractivity contribution in [3.63, 3.8) is 0 Å². The van der Waals surface area contributed by atoms with Crippen LogP contribution in [0.1, 0.15) is 5.56 Å². The Balaban J connectivity index is 1.99. The lowest BCUT2D eigenvalue weighted by Gasteiger charge is -2.15. The molecule has 1 saturated heterocycles. The van der Waals surface area contributed by atoms with Gasteiger partial charge in [-0.15, -0.1) is 0 Å². The summed E-state index contributed by atoms with van der Waals surface area (Å²) in [7, 11) is 1.42. The molecule has 1 fully saturated rings. The number of para-hydroxylation sites is 1. The van der Waals surface area contributed by atoms with Crippen LogP contribution in [0.5, 0.6) is 11.5 Å². The summed E-state index contributed by atoms with van der Waals surface area (Å²) in [6, 6.07) is 10.3. The number of hydrazine groups is 1. The highest BCUT2D eigenvalue weighted by atomic mass is 79.9. The van der Waals surface area contributed by atoms with Gasteiger partial charge >= 0.3 is 0 Å². The zero-order chi connectivity index (χ0) is 21.1. The third-order valence-electron chi connectivity index (χ3n) is 3.94. The fourth-order valence-electron chi connectivity index (χ4n) is 2.61. The minimum absolute atomic E-state index is 0.0469. The van der Waals surface area contributed by atoms with Gasteiger partial charge in [-0.3, -0.25) is 19.8 Å². The van der Waals surface area contributed by atoms with Gasteiger partial charge in [0.15, 0.2) is 18.1 Å². The molecule has 3 amide bonds. The van der Waals surface area contributed by atoms with E-state index in [0.717, 1.165) is 0 Å². The van der Waals surface area contributed by atoms with Crippen LogP contribution in [0, 0.1) is 0 Å². The highest BCUT2D eigenvalue weighted by Crippen LogP contribution is 2.43. The van der Waals surface area contributed by atoms with Crippen LogP contribution in [0.4, 0.5) is 5.69 Å². The normalized spacial score (nSPS) is 14.9. The van der Waals surface area contributed by atoms with Crippen LogP contribution < -0.4 is 25.6 Å². The first kappa shape index (κ1) is 20.9. The molecule has 1 heterocycles. The fourth-order valence-corrected chi connectivity index (χ4v) is 3.56. The Morgan fingerprint density at radius 3 is 2.52 bits per heavy atom. The van der Waals surface area contributed by atoms with E-state index >= 15 is 0 Å². The molecule has 1 aliphatic heterocycles. The van der Waals surface area contributed by atoms with Crippen molar-refractivity contribution in [1.82, 2.24) is 5.43 Å². The topological polar surface area (TPSA) is 111 Å². The maximum Gasteiger partial charge on any atom is 0.282 e. The summed E-state index contributed by atoms with van der Waals surface area (Å²) in [6.07, 6.45) is 1.44. The van der Waals surface area contributed by atoms with E-state index in [4.69, 9.17) is 15.2 Å². The summed E-state index contributed by atoms with van der Waals surface area (Å²) in [4.78, 5) is 36.2. The minimum atomic E-state index is -0.643. The van der Waals surface area contributed by atoms with E-state index in [1.165, 1.54) is 18.2 Å². The van der Waals surface area contributed by atoms with Crippen molar-refractivity contribution in [2.45, 2.75) is 0 Å². The van der Waals surface area contributed by atoms with Gasteiger partial charge in [0.25, 0.3) is 17.7 Å². The largest absolute Gasteiger partial charge is 0.493 e. The van der Waals surface area contributed by atoms with Crippen molar-refractivity contribution < 1.29 is 23.9 Å². The number of benzene rings is 2. The van der Waals surface area contributed by atoms with Crippen LogP contribution in [-0.2, 0) is 14.4 Å². The number of nitrogens with two attached hydrogens (primary N) is 1. The summed E-state index contributed by atoms with van der Waals surface area (Å²) in [5, 5.41) is 1.18. The predicted molar refractivity (Wildman–Crippen MR) is 113 cm³/mol. The Bertz CT molecular complexity index is 1020.